The molecular weight excluding hydrogens is 555 g/mol. The number of para-hydroxylation sites is 2. The highest BCUT2D eigenvalue weighted by Crippen LogP contribution is 2.61. The molecule has 9 aromatic rings. The van der Waals surface area contributed by atoms with E-state index in [2.05, 4.69) is 168 Å². The van der Waals surface area contributed by atoms with Crippen molar-refractivity contribution in [3.05, 3.63) is 186 Å². The van der Waals surface area contributed by atoms with Gasteiger partial charge in [-0.2, -0.15) is 0 Å². The third-order valence-corrected chi connectivity index (χ3v) is 10.8. The van der Waals surface area contributed by atoms with Crippen molar-refractivity contribution in [2.45, 2.75) is 5.41 Å². The van der Waals surface area contributed by atoms with Gasteiger partial charge in [0.1, 0.15) is 0 Å². The van der Waals surface area contributed by atoms with Gasteiger partial charge in [0, 0.05) is 10.8 Å². The molecule has 0 fully saturated rings. The second-order valence-electron chi connectivity index (χ2n) is 12.8. The average molecular weight is 582 g/mol. The largest absolute Gasteiger partial charge is 0.309 e. The minimum absolute atomic E-state index is 0.449. The first-order chi connectivity index (χ1) is 22.8. The normalized spacial score (nSPS) is 13.8. The molecule has 2 heterocycles. The molecule has 11 rings (SSSR count). The van der Waals surface area contributed by atoms with E-state index in [4.69, 9.17) is 0 Å². The highest BCUT2D eigenvalue weighted by atomic mass is 15.0. The number of aromatic nitrogens is 1. The van der Waals surface area contributed by atoms with Gasteiger partial charge in [-0.15, -0.1) is 0 Å². The van der Waals surface area contributed by atoms with E-state index in [-0.39, 0.29) is 0 Å². The van der Waals surface area contributed by atoms with Crippen LogP contribution in [0, 0.1) is 0 Å². The van der Waals surface area contributed by atoms with Crippen LogP contribution in [0.4, 0.5) is 0 Å². The van der Waals surface area contributed by atoms with Crippen molar-refractivity contribution in [1.29, 1.82) is 0 Å². The Kier molecular flexibility index (Phi) is 4.57. The summed E-state index contributed by atoms with van der Waals surface area (Å²) in [6.07, 6.45) is 0. The Labute approximate surface area is 266 Å². The molecule has 2 aliphatic rings. The van der Waals surface area contributed by atoms with Gasteiger partial charge in [-0.05, 0) is 90.3 Å². The van der Waals surface area contributed by atoms with Crippen LogP contribution in [0.25, 0.3) is 71.3 Å². The quantitative estimate of drug-likeness (QED) is 0.170. The van der Waals surface area contributed by atoms with E-state index < -0.39 is 5.41 Å². The van der Waals surface area contributed by atoms with E-state index >= 15 is 0 Å². The molecule has 1 nitrogen and oxygen atoms in total. The first-order valence-corrected chi connectivity index (χ1v) is 16.1. The molecule has 212 valence electrons. The molecule has 0 N–H and O–H groups in total. The fourth-order valence-corrected chi connectivity index (χ4v) is 9.02. The van der Waals surface area contributed by atoms with E-state index in [1.165, 1.54) is 93.5 Å². The van der Waals surface area contributed by atoms with E-state index in [9.17, 15) is 0 Å². The Hall–Kier alpha value is -5.92. The molecule has 1 heteroatoms. The number of nitrogens with zero attached hydrogens (tertiary/aromatic N) is 1. The lowest BCUT2D eigenvalue weighted by molar-refractivity contribution is 0.749. The fraction of sp³-hybridized carbons (Fsp3) is 0.0222. The molecule has 46 heavy (non-hydrogen) atoms. The Bertz CT molecular complexity index is 2710. The van der Waals surface area contributed by atoms with Crippen LogP contribution in [0.15, 0.2) is 164 Å². The average Bonchev–Trinajstić information content (AvgIpc) is 3.62. The van der Waals surface area contributed by atoms with Crippen LogP contribution in [0.3, 0.4) is 0 Å². The van der Waals surface area contributed by atoms with Crippen molar-refractivity contribution in [2.24, 2.45) is 0 Å². The van der Waals surface area contributed by atoms with Crippen LogP contribution in [0.2, 0.25) is 0 Å². The number of benzene rings is 8. The van der Waals surface area contributed by atoms with Gasteiger partial charge in [-0.25, -0.2) is 0 Å². The summed E-state index contributed by atoms with van der Waals surface area (Å²) in [5, 5.41) is 7.75. The van der Waals surface area contributed by atoms with E-state index in [1.54, 1.807) is 0 Å². The van der Waals surface area contributed by atoms with Crippen LogP contribution in [0.1, 0.15) is 22.3 Å². The molecule has 0 saturated heterocycles. The van der Waals surface area contributed by atoms with Gasteiger partial charge in [-0.1, -0.05) is 140 Å². The summed E-state index contributed by atoms with van der Waals surface area (Å²) >= 11 is 0. The maximum absolute atomic E-state index is 2.53. The summed E-state index contributed by atoms with van der Waals surface area (Å²) < 4.78 is 2.53. The van der Waals surface area contributed by atoms with Crippen molar-refractivity contribution >= 4 is 43.4 Å². The second kappa shape index (κ2) is 8.62. The predicted octanol–water partition coefficient (Wildman–Crippen LogP) is 11.4. The summed E-state index contributed by atoms with van der Waals surface area (Å²) in [5.74, 6) is 0. The summed E-state index contributed by atoms with van der Waals surface area (Å²) in [6.45, 7) is 0. The van der Waals surface area contributed by atoms with Gasteiger partial charge in [0.25, 0.3) is 0 Å². The zero-order valence-electron chi connectivity index (χ0n) is 25.0. The van der Waals surface area contributed by atoms with Crippen LogP contribution < -0.4 is 0 Å². The van der Waals surface area contributed by atoms with Crippen molar-refractivity contribution in [3.63, 3.8) is 0 Å². The molecule has 0 bridgehead atoms. The van der Waals surface area contributed by atoms with E-state index in [1.807, 2.05) is 0 Å². The van der Waals surface area contributed by atoms with Gasteiger partial charge in [0.05, 0.1) is 22.1 Å². The summed E-state index contributed by atoms with van der Waals surface area (Å²) in [5.41, 5.74) is 14.0. The minimum Gasteiger partial charge on any atom is -0.309 e. The predicted molar refractivity (Wildman–Crippen MR) is 192 cm³/mol. The first-order valence-electron chi connectivity index (χ1n) is 16.1. The van der Waals surface area contributed by atoms with Crippen LogP contribution in [-0.2, 0) is 5.41 Å². The summed E-state index contributed by atoms with van der Waals surface area (Å²) in [6, 6.07) is 61.3. The third kappa shape index (κ3) is 2.83. The maximum atomic E-state index is 2.53. The zero-order valence-corrected chi connectivity index (χ0v) is 25.0. The standard InChI is InChI=1S/C45H27N/c1-2-13-30-28(12-1)26-37(32-15-4-3-14-31(30)32)29-24-25-43-41(27-29)45(38-20-8-5-16-33(38)34-17-6-9-21-39(34)45)40-22-11-19-36-35-18-7-10-23-42(35)46(43)44(36)40/h1-27H. The lowest BCUT2D eigenvalue weighted by atomic mass is 9.65. The number of hydrogen-bond acceptors (Lipinski definition) is 0. The van der Waals surface area contributed by atoms with Gasteiger partial charge >= 0.3 is 0 Å². The van der Waals surface area contributed by atoms with Crippen molar-refractivity contribution < 1.29 is 0 Å². The lowest BCUT2D eigenvalue weighted by Crippen LogP contribution is -2.33. The Morgan fingerprint density at radius 2 is 0.978 bits per heavy atom. The van der Waals surface area contributed by atoms with E-state index in [0.717, 1.165) is 0 Å². The topological polar surface area (TPSA) is 4.93 Å². The van der Waals surface area contributed by atoms with Crippen molar-refractivity contribution in [1.82, 2.24) is 4.57 Å². The van der Waals surface area contributed by atoms with Crippen LogP contribution >= 0.6 is 0 Å². The number of rotatable bonds is 1. The number of fused-ring (bicyclic) bond motifs is 15. The SMILES string of the molecule is c1ccc2c(c1)-c1ccccc1C21c2cc(-c3cc4ccccc4c4ccccc34)ccc2-n2c3ccccc3c3cccc1c32. The fourth-order valence-electron chi connectivity index (χ4n) is 9.02. The summed E-state index contributed by atoms with van der Waals surface area (Å²) in [4.78, 5) is 0. The molecule has 1 aliphatic heterocycles. The highest BCUT2D eigenvalue weighted by Gasteiger charge is 2.50. The van der Waals surface area contributed by atoms with Gasteiger partial charge in [0.15, 0.2) is 0 Å². The number of hydrogen-bond donors (Lipinski definition) is 0. The van der Waals surface area contributed by atoms with Gasteiger partial charge < -0.3 is 4.57 Å². The van der Waals surface area contributed by atoms with Gasteiger partial charge in [-0.3, -0.25) is 0 Å². The first kappa shape index (κ1) is 24.4. The smallest absolute Gasteiger partial charge is 0.0754 e. The zero-order chi connectivity index (χ0) is 30.0. The molecule has 1 aromatic heterocycles. The molecule has 0 atom stereocenters. The van der Waals surface area contributed by atoms with E-state index in [0.29, 0.717) is 0 Å². The Morgan fingerprint density at radius 1 is 0.370 bits per heavy atom. The molecule has 1 aliphatic carbocycles. The molecule has 8 aromatic carbocycles. The minimum atomic E-state index is -0.449. The van der Waals surface area contributed by atoms with Crippen molar-refractivity contribution in [3.8, 4) is 27.9 Å². The van der Waals surface area contributed by atoms with Crippen LogP contribution in [-0.4, -0.2) is 4.57 Å². The van der Waals surface area contributed by atoms with Gasteiger partial charge in [0.2, 0.25) is 0 Å². The molecule has 0 radical (unpaired) electrons. The molecule has 0 saturated carbocycles. The highest BCUT2D eigenvalue weighted by molar-refractivity contribution is 6.15. The molecule has 0 unspecified atom stereocenters. The lowest BCUT2D eigenvalue weighted by Gasteiger charge is -2.40. The monoisotopic (exact) mass is 581 g/mol. The summed E-state index contributed by atoms with van der Waals surface area (Å²) in [7, 11) is 0. The molecule has 1 spiro atoms. The Morgan fingerprint density at radius 3 is 1.78 bits per heavy atom. The second-order valence-corrected chi connectivity index (χ2v) is 12.8. The maximum Gasteiger partial charge on any atom is 0.0754 e. The Balaban J connectivity index is 1.34. The van der Waals surface area contributed by atoms with Crippen LogP contribution in [0.5, 0.6) is 0 Å². The third-order valence-electron chi connectivity index (χ3n) is 10.8. The van der Waals surface area contributed by atoms with Crippen molar-refractivity contribution in [2.75, 3.05) is 0 Å². The molecular formula is C45H27N. The molecule has 0 amide bonds.